The minimum Gasteiger partial charge on any atom is -0.444 e. The van der Waals surface area contributed by atoms with Crippen LogP contribution < -0.4 is 15.2 Å². The van der Waals surface area contributed by atoms with Gasteiger partial charge in [0, 0.05) is 49.1 Å². The first-order valence-corrected chi connectivity index (χ1v) is 16.4. The van der Waals surface area contributed by atoms with Crippen molar-refractivity contribution in [2.75, 3.05) is 16.6 Å². The van der Waals surface area contributed by atoms with Gasteiger partial charge >= 0.3 is 6.09 Å². The number of hydrogen-bond donors (Lipinski definition) is 1. The zero-order chi connectivity index (χ0) is 32.6. The molecule has 1 heterocycles. The van der Waals surface area contributed by atoms with Crippen molar-refractivity contribution in [3.63, 3.8) is 0 Å². The number of anilines is 1. The lowest BCUT2D eigenvalue weighted by molar-refractivity contribution is 0.0523. The fourth-order valence-electron chi connectivity index (χ4n) is 4.57. The normalized spacial score (nSPS) is 13.5. The smallest absolute Gasteiger partial charge is 0.407 e. The van der Waals surface area contributed by atoms with Gasteiger partial charge in [-0.05, 0) is 87.9 Å². The van der Waals surface area contributed by atoms with Crippen molar-refractivity contribution in [1.82, 2.24) is 9.88 Å². The molecule has 1 saturated carbocycles. The number of carbonyl (C=O) groups is 2. The number of rotatable bonds is 10. The number of sulfonamides is 1. The van der Waals surface area contributed by atoms with Crippen LogP contribution in [0.3, 0.4) is 0 Å². The summed E-state index contributed by atoms with van der Waals surface area (Å²) >= 11 is 13.0. The van der Waals surface area contributed by atoms with Crippen LogP contribution in [0, 0.1) is 11.7 Å². The zero-order valence-corrected chi connectivity index (χ0v) is 27.4. The largest absolute Gasteiger partial charge is 0.444 e. The Morgan fingerprint density at radius 3 is 2.34 bits per heavy atom. The number of nitrogens with zero attached hydrogens (tertiary/aromatic N) is 2. The first-order valence-electron chi connectivity index (χ1n) is 14.0. The predicted molar refractivity (Wildman–Crippen MR) is 170 cm³/mol. The second-order valence-corrected chi connectivity index (χ2v) is 14.7. The van der Waals surface area contributed by atoms with Crippen molar-refractivity contribution < 1.29 is 27.1 Å². The second-order valence-electron chi connectivity index (χ2n) is 11.7. The standard InChI is InChI=1S/C31H34Cl2FN3O6S/c1-6-44(41,42)37(16-18-7-8-18)27-14-22(23(13-26(27)33)29(39)21-10-9-20(34)12-25(21)32)24-17-36(5)28(38)11-19(24)15-35-30(40)43-31(2,3)4/h9-14,17-18H,6-8,15-16H2,1-5H3,(H,35,40). The SMILES string of the molecule is CCS(=O)(=O)N(CC1CC1)c1cc(-c2cn(C)c(=O)cc2CNC(=O)OC(C)(C)C)c(C(=O)c2ccc(F)cc2Cl)cc1Cl. The third-order valence-electron chi connectivity index (χ3n) is 7.02. The summed E-state index contributed by atoms with van der Waals surface area (Å²) in [6.07, 6.45) is 2.52. The van der Waals surface area contributed by atoms with Crippen LogP contribution in [0.2, 0.25) is 10.0 Å². The molecule has 0 saturated heterocycles. The summed E-state index contributed by atoms with van der Waals surface area (Å²) in [5.74, 6) is -1.25. The number of alkyl carbamates (subject to hydrolysis) is 1. The molecule has 1 aliphatic rings. The Bertz CT molecular complexity index is 1780. The van der Waals surface area contributed by atoms with E-state index in [9.17, 15) is 27.2 Å². The van der Waals surface area contributed by atoms with Crippen LogP contribution in [0.25, 0.3) is 11.1 Å². The van der Waals surface area contributed by atoms with Gasteiger partial charge in [-0.2, -0.15) is 0 Å². The molecule has 0 bridgehead atoms. The molecule has 1 fully saturated rings. The summed E-state index contributed by atoms with van der Waals surface area (Å²) in [7, 11) is -2.26. The van der Waals surface area contributed by atoms with Gasteiger partial charge in [-0.15, -0.1) is 0 Å². The van der Waals surface area contributed by atoms with Crippen LogP contribution in [0.1, 0.15) is 62.0 Å². The Labute approximate surface area is 266 Å². The third-order valence-corrected chi connectivity index (χ3v) is 9.39. The molecule has 2 aromatic carbocycles. The van der Waals surface area contributed by atoms with Crippen molar-refractivity contribution in [1.29, 1.82) is 0 Å². The van der Waals surface area contributed by atoms with E-state index in [-0.39, 0.29) is 62.7 Å². The molecule has 9 nitrogen and oxygen atoms in total. The van der Waals surface area contributed by atoms with Crippen molar-refractivity contribution in [3.8, 4) is 11.1 Å². The number of ketones is 1. The van der Waals surface area contributed by atoms with Crippen LogP contribution in [-0.4, -0.2) is 42.8 Å². The lowest BCUT2D eigenvalue weighted by Gasteiger charge is -2.27. The van der Waals surface area contributed by atoms with Crippen LogP contribution in [0.4, 0.5) is 14.9 Å². The van der Waals surface area contributed by atoms with Crippen molar-refractivity contribution in [2.24, 2.45) is 13.0 Å². The highest BCUT2D eigenvalue weighted by Gasteiger charge is 2.33. The molecular weight excluding hydrogens is 632 g/mol. The molecule has 0 atom stereocenters. The number of pyridine rings is 1. The van der Waals surface area contributed by atoms with Gasteiger partial charge in [-0.1, -0.05) is 23.2 Å². The van der Waals surface area contributed by atoms with Crippen molar-refractivity contribution in [2.45, 2.75) is 52.7 Å². The quantitative estimate of drug-likeness (QED) is 0.254. The Balaban J connectivity index is 1.96. The van der Waals surface area contributed by atoms with Crippen LogP contribution in [0.5, 0.6) is 0 Å². The van der Waals surface area contributed by atoms with Gasteiger partial charge in [0.25, 0.3) is 5.56 Å². The number of ether oxygens (including phenoxy) is 1. The molecule has 1 amide bonds. The fourth-order valence-corrected chi connectivity index (χ4v) is 6.34. The van der Waals surface area contributed by atoms with Gasteiger partial charge in [0.2, 0.25) is 10.0 Å². The highest BCUT2D eigenvalue weighted by Crippen LogP contribution is 2.41. The number of hydrogen-bond acceptors (Lipinski definition) is 6. The fraction of sp³-hybridized carbons (Fsp3) is 0.387. The molecule has 3 aromatic rings. The van der Waals surface area contributed by atoms with Gasteiger partial charge in [-0.25, -0.2) is 17.6 Å². The highest BCUT2D eigenvalue weighted by atomic mass is 35.5. The number of amides is 1. The van der Waals surface area contributed by atoms with E-state index >= 15 is 0 Å². The topological polar surface area (TPSA) is 115 Å². The Morgan fingerprint density at radius 1 is 1.07 bits per heavy atom. The summed E-state index contributed by atoms with van der Waals surface area (Å²) in [6, 6.07) is 7.53. The predicted octanol–water partition coefficient (Wildman–Crippen LogP) is 6.32. The van der Waals surface area contributed by atoms with Crippen LogP contribution in [-0.2, 0) is 28.4 Å². The minimum absolute atomic E-state index is 0.00580. The molecule has 4 rings (SSSR count). The lowest BCUT2D eigenvalue weighted by Crippen LogP contribution is -2.34. The molecule has 1 N–H and O–H groups in total. The minimum atomic E-state index is -3.78. The Hall–Kier alpha value is -3.41. The first-order chi connectivity index (χ1) is 20.5. The molecule has 1 aliphatic carbocycles. The number of carbonyl (C=O) groups excluding carboxylic acids is 2. The highest BCUT2D eigenvalue weighted by molar-refractivity contribution is 7.92. The van der Waals surface area contributed by atoms with E-state index < -0.39 is 33.3 Å². The second kappa shape index (κ2) is 12.9. The van der Waals surface area contributed by atoms with E-state index in [4.69, 9.17) is 27.9 Å². The monoisotopic (exact) mass is 665 g/mol. The van der Waals surface area contributed by atoms with E-state index in [1.807, 2.05) is 0 Å². The third kappa shape index (κ3) is 7.80. The van der Waals surface area contributed by atoms with Crippen LogP contribution >= 0.6 is 23.2 Å². The average molecular weight is 667 g/mol. The van der Waals surface area contributed by atoms with Crippen molar-refractivity contribution in [3.05, 3.63) is 85.5 Å². The van der Waals surface area contributed by atoms with Gasteiger partial charge in [0.1, 0.15) is 11.4 Å². The molecule has 0 spiro atoms. The molecule has 13 heteroatoms. The van der Waals surface area contributed by atoms with E-state index in [0.29, 0.717) is 11.1 Å². The Kier molecular flexibility index (Phi) is 9.82. The number of nitrogens with one attached hydrogen (secondary N) is 1. The molecular formula is C31H34Cl2FN3O6S. The van der Waals surface area contributed by atoms with E-state index in [1.165, 1.54) is 53.3 Å². The average Bonchev–Trinajstić information content (AvgIpc) is 3.75. The number of benzene rings is 2. The Morgan fingerprint density at radius 2 is 1.75 bits per heavy atom. The number of aryl methyl sites for hydroxylation is 1. The van der Waals surface area contributed by atoms with Gasteiger partial charge in [0.05, 0.1) is 21.5 Å². The maximum atomic E-state index is 14.0. The van der Waals surface area contributed by atoms with E-state index in [0.717, 1.165) is 25.0 Å². The van der Waals surface area contributed by atoms with E-state index in [1.54, 1.807) is 20.8 Å². The molecule has 0 aliphatic heterocycles. The summed E-state index contributed by atoms with van der Waals surface area (Å²) in [5.41, 5.74) is -0.0503. The molecule has 236 valence electrons. The summed E-state index contributed by atoms with van der Waals surface area (Å²) in [5, 5.41) is 2.51. The molecule has 1 aromatic heterocycles. The maximum absolute atomic E-state index is 14.0. The van der Waals surface area contributed by atoms with Gasteiger partial charge < -0.3 is 14.6 Å². The maximum Gasteiger partial charge on any atom is 0.407 e. The molecule has 0 radical (unpaired) electrons. The van der Waals surface area contributed by atoms with Crippen molar-refractivity contribution >= 4 is 50.8 Å². The van der Waals surface area contributed by atoms with Crippen LogP contribution in [0.15, 0.2) is 47.4 Å². The lowest BCUT2D eigenvalue weighted by atomic mass is 9.91. The number of halogens is 3. The molecule has 0 unspecified atom stereocenters. The summed E-state index contributed by atoms with van der Waals surface area (Å²) in [4.78, 5) is 39.2. The summed E-state index contributed by atoms with van der Waals surface area (Å²) in [6.45, 7) is 6.73. The summed E-state index contributed by atoms with van der Waals surface area (Å²) < 4.78 is 48.3. The van der Waals surface area contributed by atoms with Gasteiger partial charge in [0.15, 0.2) is 5.78 Å². The van der Waals surface area contributed by atoms with Gasteiger partial charge in [-0.3, -0.25) is 13.9 Å². The first kappa shape index (κ1) is 33.5. The zero-order valence-electron chi connectivity index (χ0n) is 25.0. The molecule has 44 heavy (non-hydrogen) atoms. The van der Waals surface area contributed by atoms with E-state index in [2.05, 4.69) is 5.32 Å². The number of aromatic nitrogens is 1.